The molecule has 3 aromatic rings. The normalized spacial score (nSPS) is 14.2. The van der Waals surface area contributed by atoms with Crippen LogP contribution in [0.4, 0.5) is 5.69 Å². The number of hydrogen-bond acceptors (Lipinski definition) is 6. The second-order valence-corrected chi connectivity index (χ2v) is 5.91. The number of imidazole rings is 1. The predicted octanol–water partition coefficient (Wildman–Crippen LogP) is 3.04. The summed E-state index contributed by atoms with van der Waals surface area (Å²) in [5.41, 5.74) is 5.36. The predicted molar refractivity (Wildman–Crippen MR) is 101 cm³/mol. The van der Waals surface area contributed by atoms with Crippen LogP contribution in [0.3, 0.4) is 0 Å². The Morgan fingerprint density at radius 1 is 1.27 bits per heavy atom. The monoisotopic (exact) mass is 346 g/mol. The minimum Gasteiger partial charge on any atom is -0.481 e. The average Bonchev–Trinajstić information content (AvgIpc) is 3.15. The molecule has 1 N–H and O–H groups in total. The number of anilines is 1. The number of nitrogens with zero attached hydrogens (tertiary/aromatic N) is 5. The fourth-order valence-corrected chi connectivity index (χ4v) is 2.95. The zero-order valence-corrected chi connectivity index (χ0v) is 14.6. The number of hydrogen-bond donors (Lipinski definition) is 1. The van der Waals surface area contributed by atoms with Crippen molar-refractivity contribution < 1.29 is 4.74 Å². The molecule has 0 amide bonds. The Balaban J connectivity index is 1.76. The quantitative estimate of drug-likeness (QED) is 0.782. The molecular weight excluding hydrogens is 328 g/mol. The lowest BCUT2D eigenvalue weighted by Gasteiger charge is -2.26. The fraction of sp³-hybridized carbons (Fsp3) is 0.158. The Morgan fingerprint density at radius 2 is 2.15 bits per heavy atom. The van der Waals surface area contributed by atoms with Gasteiger partial charge in [-0.25, -0.2) is 19.9 Å². The molecule has 1 aliphatic heterocycles. The minimum atomic E-state index is 0.583. The van der Waals surface area contributed by atoms with Crippen molar-refractivity contribution in [1.82, 2.24) is 24.9 Å². The van der Waals surface area contributed by atoms with Crippen LogP contribution in [0.5, 0.6) is 5.88 Å². The largest absolute Gasteiger partial charge is 0.481 e. The lowest BCUT2D eigenvalue weighted by atomic mass is 10.0. The van der Waals surface area contributed by atoms with Crippen LogP contribution in [-0.2, 0) is 0 Å². The molecule has 4 rings (SSSR count). The number of aromatic nitrogens is 5. The smallest absolute Gasteiger partial charge is 0.213 e. The molecular formula is C19H18N6O. The zero-order valence-electron chi connectivity index (χ0n) is 14.6. The first-order valence-corrected chi connectivity index (χ1v) is 8.17. The molecule has 0 unspecified atom stereocenters. The zero-order chi connectivity index (χ0) is 18.1. The van der Waals surface area contributed by atoms with Crippen LogP contribution in [0.25, 0.3) is 16.7 Å². The molecule has 0 aromatic carbocycles. The topological polar surface area (TPSA) is 79.8 Å². The van der Waals surface area contributed by atoms with E-state index in [0.29, 0.717) is 23.9 Å². The van der Waals surface area contributed by atoms with Crippen molar-refractivity contribution >= 4 is 22.4 Å². The van der Waals surface area contributed by atoms with Crippen molar-refractivity contribution in [3.63, 3.8) is 0 Å². The van der Waals surface area contributed by atoms with E-state index < -0.39 is 0 Å². The number of pyridine rings is 1. The van der Waals surface area contributed by atoms with E-state index in [1.165, 1.54) is 0 Å². The number of aromatic amines is 1. The molecule has 7 heteroatoms. The second kappa shape index (κ2) is 6.44. The number of H-pyrrole nitrogens is 1. The van der Waals surface area contributed by atoms with E-state index in [1.807, 2.05) is 31.3 Å². The maximum Gasteiger partial charge on any atom is 0.213 e. The molecule has 130 valence electrons. The van der Waals surface area contributed by atoms with Gasteiger partial charge >= 0.3 is 0 Å². The van der Waals surface area contributed by atoms with Gasteiger partial charge in [0.05, 0.1) is 31.0 Å². The molecule has 0 spiro atoms. The summed E-state index contributed by atoms with van der Waals surface area (Å²) in [5, 5.41) is 0. The van der Waals surface area contributed by atoms with Gasteiger partial charge < -0.3 is 14.6 Å². The summed E-state index contributed by atoms with van der Waals surface area (Å²) < 4.78 is 5.14. The molecule has 26 heavy (non-hydrogen) atoms. The van der Waals surface area contributed by atoms with Gasteiger partial charge in [-0.15, -0.1) is 0 Å². The number of ether oxygens (including phenoxy) is 1. The number of nitrogens with one attached hydrogen (secondary N) is 1. The van der Waals surface area contributed by atoms with Gasteiger partial charge in [0.25, 0.3) is 0 Å². The Kier molecular flexibility index (Phi) is 3.96. The number of allylic oxidation sites excluding steroid dienone is 3. The van der Waals surface area contributed by atoms with E-state index >= 15 is 0 Å². The van der Waals surface area contributed by atoms with Crippen LogP contribution in [0.15, 0.2) is 55.2 Å². The Morgan fingerprint density at radius 3 is 2.88 bits per heavy atom. The average molecular weight is 346 g/mol. The highest BCUT2D eigenvalue weighted by molar-refractivity contribution is 5.88. The number of rotatable bonds is 4. The second-order valence-electron chi connectivity index (χ2n) is 5.91. The highest BCUT2D eigenvalue weighted by Gasteiger charge is 2.19. The third-order valence-electron chi connectivity index (χ3n) is 4.19. The molecule has 3 aromatic heterocycles. The molecule has 0 aliphatic carbocycles. The van der Waals surface area contributed by atoms with Gasteiger partial charge in [-0.05, 0) is 24.6 Å². The summed E-state index contributed by atoms with van der Waals surface area (Å²) in [5.74, 6) is 1.27. The van der Waals surface area contributed by atoms with Crippen molar-refractivity contribution in [3.8, 4) is 5.88 Å². The first-order chi connectivity index (χ1) is 12.7. The van der Waals surface area contributed by atoms with Gasteiger partial charge in [0, 0.05) is 24.4 Å². The molecule has 0 radical (unpaired) electrons. The SMILES string of the molecule is C=CC1=CN(c2ccc(OC)nc2)CC(c2nc(C)nc3nc[nH]c23)=C1. The van der Waals surface area contributed by atoms with Crippen molar-refractivity contribution in [3.05, 3.63) is 66.7 Å². The molecule has 0 bridgehead atoms. The van der Waals surface area contributed by atoms with Crippen LogP contribution in [-0.4, -0.2) is 38.6 Å². The van der Waals surface area contributed by atoms with Crippen molar-refractivity contribution in [1.29, 1.82) is 0 Å². The Bertz CT molecular complexity index is 1030. The fourth-order valence-electron chi connectivity index (χ4n) is 2.95. The van der Waals surface area contributed by atoms with E-state index in [2.05, 4.69) is 42.5 Å². The highest BCUT2D eigenvalue weighted by atomic mass is 16.5. The summed E-state index contributed by atoms with van der Waals surface area (Å²) in [6, 6.07) is 3.82. The molecule has 4 heterocycles. The molecule has 0 saturated carbocycles. The van der Waals surface area contributed by atoms with Crippen LogP contribution in [0, 0.1) is 6.92 Å². The number of fused-ring (bicyclic) bond motifs is 1. The lowest BCUT2D eigenvalue weighted by molar-refractivity contribution is 0.398. The summed E-state index contributed by atoms with van der Waals surface area (Å²) in [4.78, 5) is 22.8. The third kappa shape index (κ3) is 2.83. The van der Waals surface area contributed by atoms with Gasteiger partial charge in [-0.2, -0.15) is 0 Å². The van der Waals surface area contributed by atoms with E-state index in [4.69, 9.17) is 4.74 Å². The van der Waals surface area contributed by atoms with Gasteiger partial charge in [0.1, 0.15) is 11.3 Å². The van der Waals surface area contributed by atoms with Gasteiger partial charge in [0.15, 0.2) is 5.65 Å². The van der Waals surface area contributed by atoms with Crippen LogP contribution < -0.4 is 9.64 Å². The Labute approximate surface area is 150 Å². The maximum absolute atomic E-state index is 5.14. The van der Waals surface area contributed by atoms with E-state index in [9.17, 15) is 0 Å². The Hall–Kier alpha value is -3.48. The van der Waals surface area contributed by atoms with Crippen molar-refractivity contribution in [2.75, 3.05) is 18.6 Å². The van der Waals surface area contributed by atoms with Gasteiger partial charge in [-0.3, -0.25) is 0 Å². The minimum absolute atomic E-state index is 0.583. The molecule has 0 atom stereocenters. The van der Waals surface area contributed by atoms with E-state index in [-0.39, 0.29) is 0 Å². The van der Waals surface area contributed by atoms with Crippen molar-refractivity contribution in [2.45, 2.75) is 6.92 Å². The van der Waals surface area contributed by atoms with E-state index in [0.717, 1.165) is 28.0 Å². The number of methoxy groups -OCH3 is 1. The van der Waals surface area contributed by atoms with Gasteiger partial charge in [0.2, 0.25) is 5.88 Å². The van der Waals surface area contributed by atoms with Crippen molar-refractivity contribution in [2.24, 2.45) is 0 Å². The maximum atomic E-state index is 5.14. The van der Waals surface area contributed by atoms with Crippen LogP contribution >= 0.6 is 0 Å². The molecule has 1 aliphatic rings. The lowest BCUT2D eigenvalue weighted by Crippen LogP contribution is -2.23. The summed E-state index contributed by atoms with van der Waals surface area (Å²) in [7, 11) is 1.60. The highest BCUT2D eigenvalue weighted by Crippen LogP contribution is 2.29. The summed E-state index contributed by atoms with van der Waals surface area (Å²) >= 11 is 0. The molecule has 7 nitrogen and oxygen atoms in total. The molecule has 0 fully saturated rings. The molecule has 0 saturated heterocycles. The first-order valence-electron chi connectivity index (χ1n) is 8.17. The third-order valence-corrected chi connectivity index (χ3v) is 4.19. The number of aryl methyl sites for hydroxylation is 1. The van der Waals surface area contributed by atoms with Gasteiger partial charge in [-0.1, -0.05) is 12.7 Å². The standard InChI is InChI=1S/C19H18N6O/c1-4-13-7-14(17-18-19(22-11-21-18)24-12(2)23-17)10-25(9-13)15-5-6-16(26-3)20-8-15/h4-9,11H,1,10H2,2-3H3,(H,21,22,23,24). The summed E-state index contributed by atoms with van der Waals surface area (Å²) in [6.07, 6.45) is 9.37. The summed E-state index contributed by atoms with van der Waals surface area (Å²) in [6.45, 7) is 6.43. The van der Waals surface area contributed by atoms with E-state index in [1.54, 1.807) is 19.6 Å². The van der Waals surface area contributed by atoms with Crippen LogP contribution in [0.1, 0.15) is 11.5 Å². The van der Waals surface area contributed by atoms with Crippen LogP contribution in [0.2, 0.25) is 0 Å². The first kappa shape index (κ1) is 16.0.